The van der Waals surface area contributed by atoms with Crippen LogP contribution in [0.3, 0.4) is 0 Å². The van der Waals surface area contributed by atoms with Gasteiger partial charge in [-0.1, -0.05) is 19.1 Å². The first kappa shape index (κ1) is 15.5. The quantitative estimate of drug-likeness (QED) is 0.634. The van der Waals surface area contributed by atoms with E-state index in [0.717, 1.165) is 24.8 Å². The van der Waals surface area contributed by atoms with E-state index in [9.17, 15) is 13.6 Å². The molecular weight excluding hydrogens is 274 g/mol. The smallest absolute Gasteiger partial charge is 0.175 e. The van der Waals surface area contributed by atoms with Gasteiger partial charge in [0.15, 0.2) is 9.84 Å². The Balaban J connectivity index is 2.11. The highest BCUT2D eigenvalue weighted by molar-refractivity contribution is 7.90. The van der Waals surface area contributed by atoms with Gasteiger partial charge >= 0.3 is 0 Å². The lowest BCUT2D eigenvalue weighted by Gasteiger charge is -2.47. The third kappa shape index (κ3) is 3.59. The minimum atomic E-state index is -3.16. The van der Waals surface area contributed by atoms with Gasteiger partial charge in [0.25, 0.3) is 0 Å². The molecule has 112 valence electrons. The van der Waals surface area contributed by atoms with Crippen LogP contribution in [0, 0.1) is 5.21 Å². The van der Waals surface area contributed by atoms with E-state index < -0.39 is 9.84 Å². The summed E-state index contributed by atoms with van der Waals surface area (Å²) in [5.41, 5.74) is 1.05. The maximum Gasteiger partial charge on any atom is 0.175 e. The van der Waals surface area contributed by atoms with Crippen LogP contribution in [0.4, 0.5) is 0 Å². The summed E-state index contributed by atoms with van der Waals surface area (Å²) in [7, 11) is -3.16. The van der Waals surface area contributed by atoms with E-state index in [2.05, 4.69) is 0 Å². The van der Waals surface area contributed by atoms with E-state index in [4.69, 9.17) is 0 Å². The molecular formula is C15H23NO3S. The number of nitrogens with zero attached hydrogens (tertiary/aromatic N) is 1. The van der Waals surface area contributed by atoms with Crippen molar-refractivity contribution in [1.29, 1.82) is 0 Å². The summed E-state index contributed by atoms with van der Waals surface area (Å²) < 4.78 is 23.1. The van der Waals surface area contributed by atoms with E-state index in [1.807, 2.05) is 13.0 Å². The first-order chi connectivity index (χ1) is 9.34. The van der Waals surface area contributed by atoms with Gasteiger partial charge < -0.3 is 9.85 Å². The second-order valence-electron chi connectivity index (χ2n) is 5.85. The van der Waals surface area contributed by atoms with E-state index in [-0.39, 0.29) is 4.65 Å². The number of likely N-dealkylation sites (tertiary alicyclic amines) is 1. The first-order valence-corrected chi connectivity index (χ1v) is 9.10. The highest BCUT2D eigenvalue weighted by Gasteiger charge is 2.27. The normalized spacial score (nSPS) is 27.4. The molecule has 0 aliphatic carbocycles. The van der Waals surface area contributed by atoms with Crippen molar-refractivity contribution in [2.45, 2.75) is 37.0 Å². The van der Waals surface area contributed by atoms with Crippen molar-refractivity contribution in [1.82, 2.24) is 0 Å². The molecule has 0 N–H and O–H groups in total. The first-order valence-electron chi connectivity index (χ1n) is 7.21. The molecule has 1 saturated heterocycles. The fourth-order valence-corrected chi connectivity index (χ4v) is 3.68. The highest BCUT2D eigenvalue weighted by atomic mass is 32.2. The molecule has 0 unspecified atom stereocenters. The summed E-state index contributed by atoms with van der Waals surface area (Å²) in [5.74, 6) is 0.314. The molecule has 0 amide bonds. The topological polar surface area (TPSA) is 57.2 Å². The van der Waals surface area contributed by atoms with Crippen LogP contribution < -0.4 is 0 Å². The summed E-state index contributed by atoms with van der Waals surface area (Å²) in [5, 5.41) is 12.4. The standard InChI is InChI=1S/C15H23NO3S/c1-3-9-16(17)10-7-13(8-11-16)14-5-4-6-15(12-14)20(2,18)19/h4-6,12-13H,3,7-11H2,1-2H3. The van der Waals surface area contributed by atoms with Crippen molar-refractivity contribution in [3.63, 3.8) is 0 Å². The number of quaternary nitrogens is 1. The third-order valence-electron chi connectivity index (χ3n) is 4.16. The lowest BCUT2D eigenvalue weighted by molar-refractivity contribution is -0.886. The van der Waals surface area contributed by atoms with Crippen molar-refractivity contribution in [2.24, 2.45) is 0 Å². The molecule has 1 aromatic carbocycles. The fraction of sp³-hybridized carbons (Fsp3) is 0.600. The third-order valence-corrected chi connectivity index (χ3v) is 5.27. The number of piperidine rings is 1. The van der Waals surface area contributed by atoms with Crippen LogP contribution in [0.1, 0.15) is 37.7 Å². The van der Waals surface area contributed by atoms with E-state index in [1.165, 1.54) is 6.26 Å². The van der Waals surface area contributed by atoms with Crippen LogP contribution in [0.2, 0.25) is 0 Å². The average molecular weight is 297 g/mol. The van der Waals surface area contributed by atoms with Crippen LogP contribution in [0.25, 0.3) is 0 Å². The van der Waals surface area contributed by atoms with Gasteiger partial charge in [-0.15, -0.1) is 0 Å². The Bertz CT molecular complexity index is 560. The minimum absolute atomic E-state index is 0.0846. The number of hydrogen-bond donors (Lipinski definition) is 0. The molecule has 1 aromatic rings. The van der Waals surface area contributed by atoms with Crippen molar-refractivity contribution >= 4 is 9.84 Å². The summed E-state index contributed by atoms with van der Waals surface area (Å²) >= 11 is 0. The van der Waals surface area contributed by atoms with Crippen LogP contribution >= 0.6 is 0 Å². The SMILES string of the molecule is CCC[N+]1([O-])CCC(c2cccc(S(C)(=O)=O)c2)CC1. The second kappa shape index (κ2) is 5.84. The Morgan fingerprint density at radius 3 is 2.50 bits per heavy atom. The summed E-state index contributed by atoms with van der Waals surface area (Å²) in [4.78, 5) is 0.372. The summed E-state index contributed by atoms with van der Waals surface area (Å²) in [6.07, 6.45) is 3.83. The van der Waals surface area contributed by atoms with Crippen LogP contribution in [-0.4, -0.2) is 39.0 Å². The lowest BCUT2D eigenvalue weighted by Crippen LogP contribution is -2.48. The van der Waals surface area contributed by atoms with E-state index in [0.29, 0.717) is 30.4 Å². The van der Waals surface area contributed by atoms with Crippen LogP contribution in [-0.2, 0) is 9.84 Å². The largest absolute Gasteiger partial charge is 0.633 e. The van der Waals surface area contributed by atoms with E-state index in [1.54, 1.807) is 18.2 Å². The Labute approximate surface area is 121 Å². The van der Waals surface area contributed by atoms with Gasteiger partial charge in [-0.25, -0.2) is 8.42 Å². The molecule has 2 rings (SSSR count). The Kier molecular flexibility index (Phi) is 4.52. The molecule has 4 nitrogen and oxygen atoms in total. The van der Waals surface area contributed by atoms with Gasteiger partial charge in [-0.3, -0.25) is 0 Å². The molecule has 5 heteroatoms. The second-order valence-corrected chi connectivity index (χ2v) is 7.86. The maximum atomic E-state index is 12.4. The molecule has 0 aromatic heterocycles. The van der Waals surface area contributed by atoms with Crippen molar-refractivity contribution in [2.75, 3.05) is 25.9 Å². The zero-order valence-electron chi connectivity index (χ0n) is 12.2. The van der Waals surface area contributed by atoms with Gasteiger partial charge in [0.1, 0.15) is 0 Å². The summed E-state index contributed by atoms with van der Waals surface area (Å²) in [6, 6.07) is 7.17. The molecule has 1 aliphatic heterocycles. The summed E-state index contributed by atoms with van der Waals surface area (Å²) in [6.45, 7) is 4.01. The Hall–Kier alpha value is -0.910. The number of rotatable bonds is 4. The van der Waals surface area contributed by atoms with Crippen molar-refractivity contribution in [3.05, 3.63) is 35.0 Å². The van der Waals surface area contributed by atoms with Crippen LogP contribution in [0.15, 0.2) is 29.2 Å². The Morgan fingerprint density at radius 2 is 1.95 bits per heavy atom. The fourth-order valence-electron chi connectivity index (χ4n) is 3.00. The minimum Gasteiger partial charge on any atom is -0.633 e. The van der Waals surface area contributed by atoms with Gasteiger partial charge in [-0.05, 0) is 30.0 Å². The molecule has 0 radical (unpaired) electrons. The molecule has 1 fully saturated rings. The highest BCUT2D eigenvalue weighted by Crippen LogP contribution is 2.32. The lowest BCUT2D eigenvalue weighted by atomic mass is 9.89. The molecule has 1 aliphatic rings. The molecule has 0 spiro atoms. The monoisotopic (exact) mass is 297 g/mol. The van der Waals surface area contributed by atoms with Gasteiger partial charge in [-0.2, -0.15) is 0 Å². The number of hydrogen-bond acceptors (Lipinski definition) is 3. The van der Waals surface area contributed by atoms with Crippen molar-refractivity contribution < 1.29 is 13.1 Å². The predicted octanol–water partition coefficient (Wildman–Crippen LogP) is 2.69. The maximum absolute atomic E-state index is 12.4. The molecule has 0 bridgehead atoms. The zero-order valence-corrected chi connectivity index (χ0v) is 13.0. The van der Waals surface area contributed by atoms with Gasteiger partial charge in [0, 0.05) is 19.1 Å². The average Bonchev–Trinajstić information content (AvgIpc) is 2.39. The number of benzene rings is 1. The molecule has 0 saturated carbocycles. The molecule has 20 heavy (non-hydrogen) atoms. The predicted molar refractivity (Wildman–Crippen MR) is 80.0 cm³/mol. The number of sulfone groups is 1. The number of hydroxylamine groups is 3. The van der Waals surface area contributed by atoms with Crippen molar-refractivity contribution in [3.8, 4) is 0 Å². The van der Waals surface area contributed by atoms with Gasteiger partial charge in [0.05, 0.1) is 24.5 Å². The zero-order chi connectivity index (χ0) is 14.8. The van der Waals surface area contributed by atoms with Crippen LogP contribution in [0.5, 0.6) is 0 Å². The van der Waals surface area contributed by atoms with Gasteiger partial charge in [0.2, 0.25) is 0 Å². The Morgan fingerprint density at radius 1 is 1.30 bits per heavy atom. The van der Waals surface area contributed by atoms with E-state index >= 15 is 0 Å². The molecule has 1 heterocycles. The molecule has 0 atom stereocenters.